The van der Waals surface area contributed by atoms with Crippen molar-refractivity contribution in [2.75, 3.05) is 13.7 Å². The maximum Gasteiger partial charge on any atom is 0.302 e. The van der Waals surface area contributed by atoms with E-state index >= 15 is 0 Å². The maximum atomic E-state index is 12.8. The predicted octanol–water partition coefficient (Wildman–Crippen LogP) is 3.35. The Hall–Kier alpha value is -2.04. The van der Waals surface area contributed by atoms with Gasteiger partial charge >= 0.3 is 5.97 Å². The first-order valence-corrected chi connectivity index (χ1v) is 9.13. The average molecular weight is 347 g/mol. The van der Waals surface area contributed by atoms with E-state index in [1.165, 1.54) is 6.92 Å². The van der Waals surface area contributed by atoms with Crippen LogP contribution in [0.15, 0.2) is 24.3 Å². The summed E-state index contributed by atoms with van der Waals surface area (Å²) in [6.07, 6.45) is 4.80. The number of hydrogen-bond donors (Lipinski definition) is 0. The lowest BCUT2D eigenvalue weighted by Gasteiger charge is -2.39. The van der Waals surface area contributed by atoms with Crippen molar-refractivity contribution >= 4 is 11.9 Å². The van der Waals surface area contributed by atoms with E-state index in [-0.39, 0.29) is 24.0 Å². The van der Waals surface area contributed by atoms with E-state index in [0.29, 0.717) is 19.4 Å². The molecule has 1 aromatic rings. The molecule has 138 valence electrons. The molecule has 5 heteroatoms. The minimum absolute atomic E-state index is 0.145. The number of nitrogens with zero attached hydrogens (tertiary/aromatic N) is 1. The molecule has 2 atom stereocenters. The number of likely N-dealkylation sites (tertiary alicyclic amines) is 1. The first kappa shape index (κ1) is 19.3. The number of methoxy groups -OCH3 is 1. The van der Waals surface area contributed by atoms with Crippen LogP contribution in [0.1, 0.15) is 51.5 Å². The zero-order chi connectivity index (χ0) is 18.2. The summed E-state index contributed by atoms with van der Waals surface area (Å²) in [4.78, 5) is 25.9. The van der Waals surface area contributed by atoms with Crippen LogP contribution in [0.25, 0.3) is 0 Å². The molecule has 0 spiro atoms. The topological polar surface area (TPSA) is 55.8 Å². The molecule has 1 saturated heterocycles. The molecule has 25 heavy (non-hydrogen) atoms. The van der Waals surface area contributed by atoms with Gasteiger partial charge in [0.25, 0.3) is 0 Å². The minimum atomic E-state index is -0.274. The quantitative estimate of drug-likeness (QED) is 0.710. The van der Waals surface area contributed by atoms with Gasteiger partial charge in [0.1, 0.15) is 11.9 Å². The predicted molar refractivity (Wildman–Crippen MR) is 96.5 cm³/mol. The molecule has 0 bridgehead atoms. The fraction of sp³-hybridized carbons (Fsp3) is 0.600. The summed E-state index contributed by atoms with van der Waals surface area (Å²) in [7, 11) is 1.64. The lowest BCUT2D eigenvalue weighted by Crippen LogP contribution is -2.49. The maximum absolute atomic E-state index is 12.8. The van der Waals surface area contributed by atoms with E-state index in [4.69, 9.17) is 9.47 Å². The normalized spacial score (nSPS) is 20.2. The number of carbonyl (C=O) groups is 2. The van der Waals surface area contributed by atoms with Crippen LogP contribution >= 0.6 is 0 Å². The van der Waals surface area contributed by atoms with Gasteiger partial charge in [-0.3, -0.25) is 9.59 Å². The number of amides is 1. The zero-order valence-corrected chi connectivity index (χ0v) is 15.5. The van der Waals surface area contributed by atoms with Gasteiger partial charge in [0.15, 0.2) is 0 Å². The lowest BCUT2D eigenvalue weighted by atomic mass is 9.95. The van der Waals surface area contributed by atoms with Crippen molar-refractivity contribution < 1.29 is 19.1 Å². The van der Waals surface area contributed by atoms with Crippen molar-refractivity contribution in [2.45, 2.75) is 64.5 Å². The van der Waals surface area contributed by atoms with Crippen molar-refractivity contribution in [1.29, 1.82) is 0 Å². The summed E-state index contributed by atoms with van der Waals surface area (Å²) in [5, 5.41) is 0. The Balaban J connectivity index is 1.95. The second kappa shape index (κ2) is 9.44. The van der Waals surface area contributed by atoms with E-state index in [0.717, 1.165) is 37.0 Å². The molecule has 0 aliphatic carbocycles. The van der Waals surface area contributed by atoms with Gasteiger partial charge in [0.05, 0.1) is 13.7 Å². The second-order valence-electron chi connectivity index (χ2n) is 6.65. The molecule has 1 aromatic carbocycles. The van der Waals surface area contributed by atoms with Gasteiger partial charge in [-0.1, -0.05) is 25.5 Å². The Morgan fingerprint density at radius 1 is 1.20 bits per heavy atom. The van der Waals surface area contributed by atoms with Gasteiger partial charge < -0.3 is 14.4 Å². The summed E-state index contributed by atoms with van der Waals surface area (Å²) in [6.45, 7) is 4.08. The van der Waals surface area contributed by atoms with Crippen LogP contribution in [0.2, 0.25) is 0 Å². The van der Waals surface area contributed by atoms with E-state index in [9.17, 15) is 9.59 Å². The van der Waals surface area contributed by atoms with Gasteiger partial charge in [-0.15, -0.1) is 0 Å². The average Bonchev–Trinajstić information content (AvgIpc) is 2.61. The first-order valence-electron chi connectivity index (χ1n) is 9.13. The Labute approximate surface area is 150 Å². The third-order valence-corrected chi connectivity index (χ3v) is 4.72. The van der Waals surface area contributed by atoms with Crippen molar-refractivity contribution in [3.05, 3.63) is 29.8 Å². The molecule has 1 aliphatic rings. The SMILES string of the molecule is CCC[C@@H]1CC[C@@H](OC(C)=O)CN1C(=O)CCc1ccc(OC)cc1. The zero-order valence-electron chi connectivity index (χ0n) is 15.5. The summed E-state index contributed by atoms with van der Waals surface area (Å²) >= 11 is 0. The molecule has 0 saturated carbocycles. The summed E-state index contributed by atoms with van der Waals surface area (Å²) in [6, 6.07) is 8.08. The van der Waals surface area contributed by atoms with Gasteiger partial charge in [-0.05, 0) is 43.4 Å². The fourth-order valence-corrected chi connectivity index (χ4v) is 3.45. The Morgan fingerprint density at radius 2 is 1.92 bits per heavy atom. The number of piperidine rings is 1. The van der Waals surface area contributed by atoms with Gasteiger partial charge in [0.2, 0.25) is 5.91 Å². The van der Waals surface area contributed by atoms with E-state index in [2.05, 4.69) is 6.92 Å². The second-order valence-corrected chi connectivity index (χ2v) is 6.65. The third-order valence-electron chi connectivity index (χ3n) is 4.72. The van der Waals surface area contributed by atoms with Crippen LogP contribution in [0.3, 0.4) is 0 Å². The number of esters is 1. The van der Waals surface area contributed by atoms with Gasteiger partial charge in [-0.2, -0.15) is 0 Å². The molecule has 2 rings (SSSR count). The molecule has 1 amide bonds. The molecule has 1 heterocycles. The molecule has 5 nitrogen and oxygen atoms in total. The Bertz CT molecular complexity index is 570. The fourth-order valence-electron chi connectivity index (χ4n) is 3.45. The van der Waals surface area contributed by atoms with Gasteiger partial charge in [-0.25, -0.2) is 0 Å². The number of rotatable bonds is 7. The highest BCUT2D eigenvalue weighted by Crippen LogP contribution is 2.24. The highest BCUT2D eigenvalue weighted by Gasteiger charge is 2.32. The number of carbonyl (C=O) groups excluding carboxylic acids is 2. The minimum Gasteiger partial charge on any atom is -0.497 e. The monoisotopic (exact) mass is 347 g/mol. The molecular weight excluding hydrogens is 318 g/mol. The number of benzene rings is 1. The molecule has 0 unspecified atom stereocenters. The number of ether oxygens (including phenoxy) is 2. The van der Waals surface area contributed by atoms with Crippen molar-refractivity contribution in [1.82, 2.24) is 4.90 Å². The summed E-state index contributed by atoms with van der Waals surface area (Å²) in [5.41, 5.74) is 1.12. The Morgan fingerprint density at radius 3 is 2.52 bits per heavy atom. The van der Waals surface area contributed by atoms with Crippen LogP contribution in [-0.4, -0.2) is 42.6 Å². The molecule has 1 fully saturated rings. The van der Waals surface area contributed by atoms with Crippen LogP contribution < -0.4 is 4.74 Å². The summed E-state index contributed by atoms with van der Waals surface area (Å²) in [5.74, 6) is 0.689. The molecule has 0 radical (unpaired) electrons. The van der Waals surface area contributed by atoms with Crippen LogP contribution in [-0.2, 0) is 20.7 Å². The largest absolute Gasteiger partial charge is 0.497 e. The van der Waals surface area contributed by atoms with Crippen molar-refractivity contribution in [2.24, 2.45) is 0 Å². The third kappa shape index (κ3) is 5.76. The number of aryl methyl sites for hydroxylation is 1. The number of hydrogen-bond acceptors (Lipinski definition) is 4. The highest BCUT2D eigenvalue weighted by molar-refractivity contribution is 5.77. The molecule has 1 aliphatic heterocycles. The lowest BCUT2D eigenvalue weighted by molar-refractivity contribution is -0.154. The van der Waals surface area contributed by atoms with Crippen molar-refractivity contribution in [3.8, 4) is 5.75 Å². The van der Waals surface area contributed by atoms with E-state index in [1.807, 2.05) is 29.2 Å². The molecule has 0 aromatic heterocycles. The standard InChI is InChI=1S/C20H29NO4/c1-4-5-17-9-12-19(25-15(2)22)14-21(17)20(23)13-8-16-6-10-18(24-3)11-7-16/h6-7,10-11,17,19H,4-5,8-9,12-14H2,1-3H3/t17-,19-/m1/s1. The highest BCUT2D eigenvalue weighted by atomic mass is 16.5. The Kier molecular flexibility index (Phi) is 7.29. The van der Waals surface area contributed by atoms with Crippen molar-refractivity contribution in [3.63, 3.8) is 0 Å². The van der Waals surface area contributed by atoms with E-state index < -0.39 is 0 Å². The van der Waals surface area contributed by atoms with Crippen LogP contribution in [0, 0.1) is 0 Å². The summed E-state index contributed by atoms with van der Waals surface area (Å²) < 4.78 is 10.5. The first-order chi connectivity index (χ1) is 12.0. The van der Waals surface area contributed by atoms with E-state index in [1.54, 1.807) is 7.11 Å². The smallest absolute Gasteiger partial charge is 0.302 e. The molecular formula is C20H29NO4. The van der Waals surface area contributed by atoms with Gasteiger partial charge in [0, 0.05) is 19.4 Å². The molecule has 0 N–H and O–H groups in total. The van der Waals surface area contributed by atoms with Crippen LogP contribution in [0.5, 0.6) is 5.75 Å². The van der Waals surface area contributed by atoms with Crippen LogP contribution in [0.4, 0.5) is 0 Å².